The molecule has 0 spiro atoms. The van der Waals surface area contributed by atoms with Crippen molar-refractivity contribution in [2.45, 2.75) is 20.3 Å². The number of nitrogens with one attached hydrogen (secondary N) is 1. The number of hydrogen-bond donors (Lipinski definition) is 1. The summed E-state index contributed by atoms with van der Waals surface area (Å²) in [6.07, 6.45) is 2.41. The largest absolute Gasteiger partial charge is 0.493 e. The van der Waals surface area contributed by atoms with Crippen LogP contribution in [0.25, 0.3) is 6.08 Å². The predicted octanol–water partition coefficient (Wildman–Crippen LogP) is 3.92. The second-order valence-corrected chi connectivity index (χ2v) is 5.85. The maximum absolute atomic E-state index is 12.5. The minimum atomic E-state index is -0.484. The van der Waals surface area contributed by atoms with Gasteiger partial charge in [-0.25, -0.2) is 0 Å². The van der Waals surface area contributed by atoms with Crippen LogP contribution in [0.15, 0.2) is 42.0 Å². The lowest BCUT2D eigenvalue weighted by Crippen LogP contribution is -2.13. The molecule has 27 heavy (non-hydrogen) atoms. The first-order valence-electron chi connectivity index (χ1n) is 8.73. The van der Waals surface area contributed by atoms with Crippen molar-refractivity contribution in [3.63, 3.8) is 0 Å². The Morgan fingerprint density at radius 1 is 1.22 bits per heavy atom. The number of benzene rings is 2. The summed E-state index contributed by atoms with van der Waals surface area (Å²) in [6.45, 7) is 4.49. The third-order valence-electron chi connectivity index (χ3n) is 4.09. The van der Waals surface area contributed by atoms with Crippen LogP contribution in [0.1, 0.15) is 25.0 Å². The normalized spacial score (nSPS) is 12.4. The number of anilines is 1. The zero-order valence-corrected chi connectivity index (χ0v) is 15.2. The molecule has 0 unspecified atom stereocenters. The minimum absolute atomic E-state index is 0.0330. The van der Waals surface area contributed by atoms with Crippen LogP contribution in [0.2, 0.25) is 0 Å². The summed E-state index contributed by atoms with van der Waals surface area (Å²) in [7, 11) is 0. The Kier molecular flexibility index (Phi) is 5.62. The van der Waals surface area contributed by atoms with Crippen LogP contribution in [0, 0.1) is 11.3 Å². The average Bonchev–Trinajstić information content (AvgIpc) is 3.14. The maximum Gasteiger partial charge on any atom is 0.266 e. The number of hydrogen-bond acceptors (Lipinski definition) is 5. The SMILES string of the molecule is CCOc1cc2c(cc1/C=C(\C#N)C(=O)Nc1ccc(CC)cc1)OCO2. The fourth-order valence-electron chi connectivity index (χ4n) is 2.66. The lowest BCUT2D eigenvalue weighted by Gasteiger charge is -2.10. The molecule has 0 aliphatic carbocycles. The number of amides is 1. The van der Waals surface area contributed by atoms with Gasteiger partial charge in [-0.1, -0.05) is 19.1 Å². The monoisotopic (exact) mass is 364 g/mol. The summed E-state index contributed by atoms with van der Waals surface area (Å²) in [5, 5.41) is 12.2. The van der Waals surface area contributed by atoms with Crippen LogP contribution >= 0.6 is 0 Å². The highest BCUT2D eigenvalue weighted by molar-refractivity contribution is 6.09. The summed E-state index contributed by atoms with van der Waals surface area (Å²) in [6, 6.07) is 12.9. The molecule has 0 aromatic heterocycles. The molecule has 6 heteroatoms. The van der Waals surface area contributed by atoms with Gasteiger partial charge in [-0.3, -0.25) is 4.79 Å². The molecule has 1 aliphatic heterocycles. The molecule has 1 N–H and O–H groups in total. The number of carbonyl (C=O) groups is 1. The standard InChI is InChI=1S/C21H20N2O4/c1-3-14-5-7-17(8-6-14)23-21(24)16(12-22)9-15-10-19-20(27-13-26-19)11-18(15)25-4-2/h5-11H,3-4,13H2,1-2H3,(H,23,24)/b16-9+. The molecule has 1 aliphatic rings. The van der Waals surface area contributed by atoms with E-state index in [1.807, 2.05) is 37.3 Å². The average molecular weight is 364 g/mol. The van der Waals surface area contributed by atoms with Gasteiger partial charge < -0.3 is 19.5 Å². The van der Waals surface area contributed by atoms with E-state index in [9.17, 15) is 10.1 Å². The van der Waals surface area contributed by atoms with E-state index in [-0.39, 0.29) is 12.4 Å². The third kappa shape index (κ3) is 4.21. The highest BCUT2D eigenvalue weighted by Crippen LogP contribution is 2.39. The number of carbonyl (C=O) groups excluding carboxylic acids is 1. The summed E-state index contributed by atoms with van der Waals surface area (Å²) in [4.78, 5) is 12.5. The van der Waals surface area contributed by atoms with E-state index >= 15 is 0 Å². The molecular weight excluding hydrogens is 344 g/mol. The van der Waals surface area contributed by atoms with Crippen molar-refractivity contribution in [1.29, 1.82) is 5.26 Å². The highest BCUT2D eigenvalue weighted by atomic mass is 16.7. The van der Waals surface area contributed by atoms with Gasteiger partial charge in [0.05, 0.1) is 6.61 Å². The van der Waals surface area contributed by atoms with Gasteiger partial charge in [0.1, 0.15) is 17.4 Å². The first-order valence-corrected chi connectivity index (χ1v) is 8.73. The molecule has 2 aromatic rings. The third-order valence-corrected chi connectivity index (χ3v) is 4.09. The van der Waals surface area contributed by atoms with Gasteiger partial charge >= 0.3 is 0 Å². The fraction of sp³-hybridized carbons (Fsp3) is 0.238. The van der Waals surface area contributed by atoms with Crippen molar-refractivity contribution in [1.82, 2.24) is 0 Å². The minimum Gasteiger partial charge on any atom is -0.493 e. The zero-order valence-electron chi connectivity index (χ0n) is 15.2. The predicted molar refractivity (Wildman–Crippen MR) is 102 cm³/mol. The number of ether oxygens (including phenoxy) is 3. The molecule has 1 heterocycles. The number of rotatable bonds is 6. The molecule has 0 atom stereocenters. The van der Waals surface area contributed by atoms with Gasteiger partial charge in [-0.05, 0) is 43.2 Å². The van der Waals surface area contributed by atoms with Gasteiger partial charge in [0.15, 0.2) is 11.5 Å². The first-order chi connectivity index (χ1) is 13.1. The Labute approximate surface area is 158 Å². The molecular formula is C21H20N2O4. The lowest BCUT2D eigenvalue weighted by atomic mass is 10.1. The molecule has 0 radical (unpaired) electrons. The molecule has 138 valence electrons. The van der Waals surface area contributed by atoms with Crippen LogP contribution in [-0.2, 0) is 11.2 Å². The van der Waals surface area contributed by atoms with Crippen LogP contribution in [0.4, 0.5) is 5.69 Å². The topological polar surface area (TPSA) is 80.6 Å². The second-order valence-electron chi connectivity index (χ2n) is 5.85. The quantitative estimate of drug-likeness (QED) is 0.621. The van der Waals surface area contributed by atoms with Crippen molar-refractivity contribution in [3.8, 4) is 23.3 Å². The van der Waals surface area contributed by atoms with Crippen LogP contribution in [0.3, 0.4) is 0 Å². The number of aryl methyl sites for hydroxylation is 1. The van der Waals surface area contributed by atoms with E-state index in [2.05, 4.69) is 12.2 Å². The first kappa shape index (κ1) is 18.3. The summed E-state index contributed by atoms with van der Waals surface area (Å²) < 4.78 is 16.3. The summed E-state index contributed by atoms with van der Waals surface area (Å²) >= 11 is 0. The van der Waals surface area contributed by atoms with Crippen molar-refractivity contribution >= 4 is 17.7 Å². The van der Waals surface area contributed by atoms with Gasteiger partial charge in [0, 0.05) is 17.3 Å². The van der Waals surface area contributed by atoms with E-state index in [0.29, 0.717) is 35.1 Å². The molecule has 1 amide bonds. The number of fused-ring (bicyclic) bond motifs is 1. The Bertz CT molecular complexity index is 911. The lowest BCUT2D eigenvalue weighted by molar-refractivity contribution is -0.112. The Balaban J connectivity index is 1.86. The van der Waals surface area contributed by atoms with E-state index < -0.39 is 5.91 Å². The highest BCUT2D eigenvalue weighted by Gasteiger charge is 2.19. The van der Waals surface area contributed by atoms with E-state index in [1.54, 1.807) is 12.1 Å². The van der Waals surface area contributed by atoms with Gasteiger partial charge in [-0.2, -0.15) is 5.26 Å². The van der Waals surface area contributed by atoms with Crippen molar-refractivity contribution < 1.29 is 19.0 Å². The van der Waals surface area contributed by atoms with Crippen LogP contribution < -0.4 is 19.5 Å². The number of nitrogens with zero attached hydrogens (tertiary/aromatic N) is 1. The molecule has 2 aromatic carbocycles. The van der Waals surface area contributed by atoms with Gasteiger partial charge in [-0.15, -0.1) is 0 Å². The van der Waals surface area contributed by atoms with Crippen molar-refractivity contribution in [2.75, 3.05) is 18.7 Å². The molecule has 0 fully saturated rings. The Morgan fingerprint density at radius 3 is 2.56 bits per heavy atom. The van der Waals surface area contributed by atoms with E-state index in [0.717, 1.165) is 6.42 Å². The van der Waals surface area contributed by atoms with Gasteiger partial charge in [0.2, 0.25) is 6.79 Å². The molecule has 0 saturated carbocycles. The Hall–Kier alpha value is -3.46. The molecule has 3 rings (SSSR count). The van der Waals surface area contributed by atoms with E-state index in [4.69, 9.17) is 14.2 Å². The maximum atomic E-state index is 12.5. The smallest absolute Gasteiger partial charge is 0.266 e. The molecule has 0 saturated heterocycles. The van der Waals surface area contributed by atoms with Crippen LogP contribution in [0.5, 0.6) is 17.2 Å². The van der Waals surface area contributed by atoms with Crippen LogP contribution in [-0.4, -0.2) is 19.3 Å². The van der Waals surface area contributed by atoms with E-state index in [1.165, 1.54) is 11.6 Å². The summed E-state index contributed by atoms with van der Waals surface area (Å²) in [5.74, 6) is 1.17. The van der Waals surface area contributed by atoms with Gasteiger partial charge in [0.25, 0.3) is 5.91 Å². The van der Waals surface area contributed by atoms with Crippen molar-refractivity contribution in [2.24, 2.45) is 0 Å². The second kappa shape index (κ2) is 8.28. The number of nitriles is 1. The summed E-state index contributed by atoms with van der Waals surface area (Å²) in [5.41, 5.74) is 2.35. The van der Waals surface area contributed by atoms with Crippen molar-refractivity contribution in [3.05, 3.63) is 53.1 Å². The molecule has 0 bridgehead atoms. The Morgan fingerprint density at radius 2 is 1.93 bits per heavy atom. The fourth-order valence-corrected chi connectivity index (χ4v) is 2.66. The zero-order chi connectivity index (χ0) is 19.2. The molecule has 6 nitrogen and oxygen atoms in total.